The van der Waals surface area contributed by atoms with Crippen molar-refractivity contribution in [3.05, 3.63) is 0 Å². The average molecular weight is 138 g/mol. The molecule has 0 aromatic carbocycles. The molecular weight excluding hydrogens is 124 g/mol. The van der Waals surface area contributed by atoms with Crippen LogP contribution >= 0.6 is 0 Å². The Morgan fingerprint density at radius 2 is 0.889 bits per heavy atom. The molecule has 0 aliphatic rings. The lowest BCUT2D eigenvalue weighted by atomic mass is 10.3. The normalized spacial score (nSPS) is 8.00. The molecule has 0 aliphatic heterocycles. The van der Waals surface area contributed by atoms with Crippen LogP contribution in [0, 0.1) is 0 Å². The first kappa shape index (κ1) is 11.6. The minimum Gasteiger partial charge on any atom is -0.396 e. The van der Waals surface area contributed by atoms with Crippen molar-refractivity contribution in [3.63, 3.8) is 0 Å². The first-order valence-corrected chi connectivity index (χ1v) is 2.76. The molecule has 0 saturated carbocycles. The van der Waals surface area contributed by atoms with Crippen molar-refractivity contribution in [2.75, 3.05) is 20.0 Å². The summed E-state index contributed by atoms with van der Waals surface area (Å²) in [5.74, 6) is 0. The molecule has 0 saturated heterocycles. The van der Waals surface area contributed by atoms with E-state index in [4.69, 9.17) is 20.4 Å². The minimum atomic E-state index is -0.750. The van der Waals surface area contributed by atoms with Crippen LogP contribution in [0.15, 0.2) is 0 Å². The lowest BCUT2D eigenvalue weighted by molar-refractivity contribution is 0.0773. The Morgan fingerprint density at radius 1 is 0.667 bits per heavy atom. The van der Waals surface area contributed by atoms with Crippen molar-refractivity contribution >= 4 is 0 Å². The highest BCUT2D eigenvalue weighted by Gasteiger charge is 1.77. The van der Waals surface area contributed by atoms with E-state index in [1.807, 2.05) is 0 Å². The van der Waals surface area contributed by atoms with Gasteiger partial charge in [-0.2, -0.15) is 0 Å². The fourth-order valence-electron chi connectivity index (χ4n) is 0.224. The van der Waals surface area contributed by atoms with Crippen LogP contribution in [0.5, 0.6) is 0 Å². The summed E-state index contributed by atoms with van der Waals surface area (Å²) in [6.07, 6.45) is 1.44. The van der Waals surface area contributed by atoms with Crippen molar-refractivity contribution in [1.82, 2.24) is 0 Å². The van der Waals surface area contributed by atoms with Crippen molar-refractivity contribution in [1.29, 1.82) is 0 Å². The molecule has 0 radical (unpaired) electrons. The fourth-order valence-corrected chi connectivity index (χ4v) is 0.224. The predicted molar refractivity (Wildman–Crippen MR) is 32.7 cm³/mol. The molecule has 58 valence electrons. The third-order valence-corrected chi connectivity index (χ3v) is 0.566. The smallest absolute Gasteiger partial charge is 0.140 e. The molecule has 4 nitrogen and oxygen atoms in total. The van der Waals surface area contributed by atoms with Crippen LogP contribution in [-0.2, 0) is 0 Å². The van der Waals surface area contributed by atoms with Crippen LogP contribution in [-0.4, -0.2) is 40.4 Å². The van der Waals surface area contributed by atoms with E-state index in [0.717, 1.165) is 12.8 Å². The van der Waals surface area contributed by atoms with Gasteiger partial charge in [-0.15, -0.1) is 0 Å². The standard InChI is InChI=1S/C4H10O2.CH4O2/c5-3-1-2-4-6;2-1-3/h5-6H,1-4H2;2-3H,1H2. The molecule has 0 rings (SSSR count). The van der Waals surface area contributed by atoms with Gasteiger partial charge in [0.05, 0.1) is 0 Å². The van der Waals surface area contributed by atoms with Crippen LogP contribution < -0.4 is 0 Å². The van der Waals surface area contributed by atoms with Crippen molar-refractivity contribution in [3.8, 4) is 0 Å². The van der Waals surface area contributed by atoms with Crippen LogP contribution in [0.25, 0.3) is 0 Å². The maximum absolute atomic E-state index is 8.09. The molecule has 0 spiro atoms. The molecule has 9 heavy (non-hydrogen) atoms. The summed E-state index contributed by atoms with van der Waals surface area (Å²) in [7, 11) is 0. The lowest BCUT2D eigenvalue weighted by Gasteiger charge is -1.85. The Hall–Kier alpha value is -0.160. The number of rotatable bonds is 3. The Balaban J connectivity index is 0. The van der Waals surface area contributed by atoms with E-state index in [-0.39, 0.29) is 13.2 Å². The predicted octanol–water partition coefficient (Wildman–Crippen LogP) is -1.32. The summed E-state index contributed by atoms with van der Waals surface area (Å²) in [6, 6.07) is 0. The van der Waals surface area contributed by atoms with Crippen LogP contribution in [0.1, 0.15) is 12.8 Å². The molecular formula is C5H14O4. The summed E-state index contributed by atoms with van der Waals surface area (Å²) in [5.41, 5.74) is 0. The van der Waals surface area contributed by atoms with E-state index < -0.39 is 6.79 Å². The van der Waals surface area contributed by atoms with Gasteiger partial charge >= 0.3 is 0 Å². The number of hydrogen-bond acceptors (Lipinski definition) is 4. The summed E-state index contributed by atoms with van der Waals surface area (Å²) in [4.78, 5) is 0. The van der Waals surface area contributed by atoms with Gasteiger partial charge in [-0.1, -0.05) is 0 Å². The SMILES string of the molecule is OCCCCO.OCO. The zero-order valence-corrected chi connectivity index (χ0v) is 5.32. The molecule has 0 aliphatic carbocycles. The zero-order valence-electron chi connectivity index (χ0n) is 5.32. The van der Waals surface area contributed by atoms with E-state index in [2.05, 4.69) is 0 Å². The molecule has 0 aromatic rings. The first-order chi connectivity index (χ1) is 4.33. The van der Waals surface area contributed by atoms with Gasteiger partial charge < -0.3 is 20.4 Å². The van der Waals surface area contributed by atoms with Gasteiger partial charge in [0.25, 0.3) is 0 Å². The molecule has 4 N–H and O–H groups in total. The van der Waals surface area contributed by atoms with E-state index in [0.29, 0.717) is 0 Å². The van der Waals surface area contributed by atoms with Gasteiger partial charge in [-0.3, -0.25) is 0 Å². The number of unbranched alkanes of at least 4 members (excludes halogenated alkanes) is 1. The third kappa shape index (κ3) is 33.2. The van der Waals surface area contributed by atoms with Crippen molar-refractivity contribution < 1.29 is 20.4 Å². The number of aliphatic hydroxyl groups is 4. The van der Waals surface area contributed by atoms with Gasteiger partial charge in [-0.05, 0) is 12.8 Å². The summed E-state index contributed by atoms with van der Waals surface area (Å²) < 4.78 is 0. The highest BCUT2D eigenvalue weighted by molar-refractivity contribution is 4.30. The number of hydrogen-bond donors (Lipinski definition) is 4. The highest BCUT2D eigenvalue weighted by atomic mass is 16.5. The van der Waals surface area contributed by atoms with Gasteiger partial charge in [0.2, 0.25) is 0 Å². The Labute approximate surface area is 54.4 Å². The van der Waals surface area contributed by atoms with Crippen molar-refractivity contribution in [2.45, 2.75) is 12.8 Å². The highest BCUT2D eigenvalue weighted by Crippen LogP contribution is 1.80. The zero-order chi connectivity index (χ0) is 7.54. The molecule has 4 heteroatoms. The quantitative estimate of drug-likeness (QED) is 0.288. The second kappa shape index (κ2) is 15.7. The van der Waals surface area contributed by atoms with Gasteiger partial charge in [0.1, 0.15) is 6.79 Å². The maximum atomic E-state index is 8.09. The van der Waals surface area contributed by atoms with E-state index in [9.17, 15) is 0 Å². The Kier molecular flexibility index (Phi) is 20.2. The maximum Gasteiger partial charge on any atom is 0.140 e. The van der Waals surface area contributed by atoms with Crippen molar-refractivity contribution in [2.24, 2.45) is 0 Å². The van der Waals surface area contributed by atoms with E-state index in [1.54, 1.807) is 0 Å². The first-order valence-electron chi connectivity index (χ1n) is 2.76. The van der Waals surface area contributed by atoms with Gasteiger partial charge in [0.15, 0.2) is 0 Å². The van der Waals surface area contributed by atoms with Crippen LogP contribution in [0.4, 0.5) is 0 Å². The molecule has 0 atom stereocenters. The summed E-state index contributed by atoms with van der Waals surface area (Å²) in [6.45, 7) is -0.360. The fraction of sp³-hybridized carbons (Fsp3) is 1.00. The van der Waals surface area contributed by atoms with Gasteiger partial charge in [-0.25, -0.2) is 0 Å². The second-order valence-electron chi connectivity index (χ2n) is 1.30. The molecule has 0 bridgehead atoms. The molecule has 0 amide bonds. The van der Waals surface area contributed by atoms with E-state index >= 15 is 0 Å². The summed E-state index contributed by atoms with van der Waals surface area (Å²) >= 11 is 0. The minimum absolute atomic E-state index is 0.195. The van der Waals surface area contributed by atoms with Crippen LogP contribution in [0.2, 0.25) is 0 Å². The Morgan fingerprint density at radius 3 is 1.00 bits per heavy atom. The topological polar surface area (TPSA) is 80.9 Å². The monoisotopic (exact) mass is 138 g/mol. The molecule has 0 unspecified atom stereocenters. The largest absolute Gasteiger partial charge is 0.396 e. The Bertz CT molecular complexity index is 28.1. The lowest BCUT2D eigenvalue weighted by Crippen LogP contribution is -1.85. The average Bonchev–Trinajstić information content (AvgIpc) is 1.86. The van der Waals surface area contributed by atoms with E-state index in [1.165, 1.54) is 0 Å². The molecule has 0 heterocycles. The molecule has 0 aromatic heterocycles. The molecule has 0 fully saturated rings. The van der Waals surface area contributed by atoms with Crippen LogP contribution in [0.3, 0.4) is 0 Å². The second-order valence-corrected chi connectivity index (χ2v) is 1.30. The third-order valence-electron chi connectivity index (χ3n) is 0.566. The van der Waals surface area contributed by atoms with Gasteiger partial charge in [0, 0.05) is 13.2 Å². The summed E-state index contributed by atoms with van der Waals surface area (Å²) in [5, 5.41) is 30.4. The number of aliphatic hydroxyl groups excluding tert-OH is 3.